The fourth-order valence-corrected chi connectivity index (χ4v) is 2.74. The third kappa shape index (κ3) is 5.35. The molecule has 0 aliphatic heterocycles. The molecular formula is C21H19F2N3O5. The van der Waals surface area contributed by atoms with E-state index >= 15 is 0 Å². The second kappa shape index (κ2) is 9.70. The zero-order valence-electron chi connectivity index (χ0n) is 16.7. The first-order valence-electron chi connectivity index (χ1n) is 9.02. The van der Waals surface area contributed by atoms with Gasteiger partial charge >= 0.3 is 5.97 Å². The van der Waals surface area contributed by atoms with E-state index in [4.69, 9.17) is 19.3 Å². The Bertz CT molecular complexity index is 1050. The van der Waals surface area contributed by atoms with Crippen LogP contribution in [0.1, 0.15) is 11.1 Å². The molecule has 0 fully saturated rings. The van der Waals surface area contributed by atoms with Gasteiger partial charge in [-0.25, -0.2) is 18.7 Å². The van der Waals surface area contributed by atoms with Crippen LogP contribution in [0.5, 0.6) is 17.2 Å². The number of carboxylic acids is 1. The molecule has 0 radical (unpaired) electrons. The molecule has 2 aromatic carbocycles. The van der Waals surface area contributed by atoms with E-state index in [2.05, 4.69) is 15.3 Å². The highest BCUT2D eigenvalue weighted by Gasteiger charge is 2.20. The van der Waals surface area contributed by atoms with Gasteiger partial charge in [0.1, 0.15) is 6.61 Å². The SMILES string of the molecule is COc1cc(OC)c(F)c(COc2cnc(Nc3cccc(CC(=O)O)c3)nc2)c1F. The van der Waals surface area contributed by atoms with Crippen LogP contribution in [0.4, 0.5) is 20.4 Å². The number of ether oxygens (including phenoxy) is 3. The van der Waals surface area contributed by atoms with Gasteiger partial charge in [0, 0.05) is 11.8 Å². The van der Waals surface area contributed by atoms with Gasteiger partial charge in [-0.15, -0.1) is 0 Å². The molecule has 0 amide bonds. The fraction of sp³-hybridized carbons (Fsp3) is 0.190. The Kier molecular flexibility index (Phi) is 6.81. The van der Waals surface area contributed by atoms with Crippen LogP contribution in [-0.4, -0.2) is 35.3 Å². The Balaban J connectivity index is 1.69. The summed E-state index contributed by atoms with van der Waals surface area (Å²) in [5.74, 6) is -2.62. The number of nitrogens with zero attached hydrogens (tertiary/aromatic N) is 2. The molecule has 0 aliphatic rings. The van der Waals surface area contributed by atoms with E-state index in [1.54, 1.807) is 24.3 Å². The predicted molar refractivity (Wildman–Crippen MR) is 107 cm³/mol. The van der Waals surface area contributed by atoms with Crippen molar-refractivity contribution in [1.82, 2.24) is 9.97 Å². The molecule has 0 aliphatic carbocycles. The minimum atomic E-state index is -0.934. The molecular weight excluding hydrogens is 412 g/mol. The third-order valence-corrected chi connectivity index (χ3v) is 4.21. The Hall–Kier alpha value is -3.95. The van der Waals surface area contributed by atoms with Crippen LogP contribution in [0.3, 0.4) is 0 Å². The number of aromatic nitrogens is 2. The molecule has 0 bridgehead atoms. The van der Waals surface area contributed by atoms with Crippen molar-refractivity contribution < 1.29 is 32.9 Å². The molecule has 0 atom stereocenters. The molecule has 1 aromatic heterocycles. The molecule has 1 heterocycles. The van der Waals surface area contributed by atoms with Crippen molar-refractivity contribution in [2.75, 3.05) is 19.5 Å². The Morgan fingerprint density at radius 2 is 1.71 bits per heavy atom. The van der Waals surface area contributed by atoms with E-state index in [1.807, 2.05) is 0 Å². The predicted octanol–water partition coefficient (Wildman–Crippen LogP) is 3.72. The van der Waals surface area contributed by atoms with Crippen molar-refractivity contribution in [1.29, 1.82) is 0 Å². The standard InChI is InChI=1S/C21H19F2N3O5/c1-29-16-8-17(30-2)20(23)15(19(16)22)11-31-14-9-24-21(25-10-14)26-13-5-3-4-12(6-13)7-18(27)28/h3-6,8-10H,7,11H2,1-2H3,(H,27,28)(H,24,25,26). The van der Waals surface area contributed by atoms with Crippen LogP contribution in [-0.2, 0) is 17.8 Å². The lowest BCUT2D eigenvalue weighted by Gasteiger charge is -2.13. The van der Waals surface area contributed by atoms with E-state index in [0.717, 1.165) is 6.07 Å². The van der Waals surface area contributed by atoms with Crippen molar-refractivity contribution in [2.24, 2.45) is 0 Å². The van der Waals surface area contributed by atoms with Gasteiger partial charge in [-0.05, 0) is 17.7 Å². The van der Waals surface area contributed by atoms with Gasteiger partial charge in [0.25, 0.3) is 0 Å². The van der Waals surface area contributed by atoms with Crippen LogP contribution < -0.4 is 19.5 Å². The Labute approximate surface area is 176 Å². The maximum absolute atomic E-state index is 14.4. The van der Waals surface area contributed by atoms with E-state index in [0.29, 0.717) is 11.3 Å². The summed E-state index contributed by atoms with van der Waals surface area (Å²) in [5, 5.41) is 11.8. The van der Waals surface area contributed by atoms with Gasteiger partial charge in [0.15, 0.2) is 28.9 Å². The molecule has 2 N–H and O–H groups in total. The number of methoxy groups -OCH3 is 2. The molecule has 0 saturated heterocycles. The topological polar surface area (TPSA) is 103 Å². The van der Waals surface area contributed by atoms with Gasteiger partial charge < -0.3 is 24.6 Å². The Morgan fingerprint density at radius 1 is 1.06 bits per heavy atom. The largest absolute Gasteiger partial charge is 0.494 e. The minimum Gasteiger partial charge on any atom is -0.494 e. The molecule has 10 heteroatoms. The molecule has 0 saturated carbocycles. The molecule has 162 valence electrons. The van der Waals surface area contributed by atoms with E-state index in [9.17, 15) is 13.6 Å². The second-order valence-corrected chi connectivity index (χ2v) is 6.31. The first-order valence-corrected chi connectivity index (χ1v) is 9.02. The first-order chi connectivity index (χ1) is 14.9. The maximum Gasteiger partial charge on any atom is 0.307 e. The second-order valence-electron chi connectivity index (χ2n) is 6.31. The van der Waals surface area contributed by atoms with E-state index in [1.165, 1.54) is 26.6 Å². The highest BCUT2D eigenvalue weighted by molar-refractivity contribution is 5.71. The highest BCUT2D eigenvalue weighted by Crippen LogP contribution is 2.32. The number of aliphatic carboxylic acids is 1. The summed E-state index contributed by atoms with van der Waals surface area (Å²) in [6.45, 7) is -0.432. The molecule has 31 heavy (non-hydrogen) atoms. The minimum absolute atomic E-state index is 0.106. The summed E-state index contributed by atoms with van der Waals surface area (Å²) >= 11 is 0. The van der Waals surface area contributed by atoms with Crippen molar-refractivity contribution in [3.8, 4) is 17.2 Å². The number of anilines is 2. The number of rotatable bonds is 9. The summed E-state index contributed by atoms with van der Waals surface area (Å²) in [4.78, 5) is 19.0. The van der Waals surface area contributed by atoms with Crippen molar-refractivity contribution >= 4 is 17.6 Å². The number of nitrogens with one attached hydrogen (secondary N) is 1. The Morgan fingerprint density at radius 3 is 2.29 bits per heavy atom. The lowest BCUT2D eigenvalue weighted by Crippen LogP contribution is -2.06. The number of halogens is 2. The monoisotopic (exact) mass is 431 g/mol. The van der Waals surface area contributed by atoms with Crippen LogP contribution in [0.2, 0.25) is 0 Å². The van der Waals surface area contributed by atoms with Crippen molar-refractivity contribution in [3.63, 3.8) is 0 Å². The van der Waals surface area contributed by atoms with E-state index in [-0.39, 0.29) is 35.2 Å². The zero-order valence-corrected chi connectivity index (χ0v) is 16.7. The van der Waals surface area contributed by atoms with Crippen molar-refractivity contribution in [3.05, 3.63) is 65.5 Å². The van der Waals surface area contributed by atoms with Gasteiger partial charge in [-0.1, -0.05) is 12.1 Å². The third-order valence-electron chi connectivity index (χ3n) is 4.21. The summed E-state index contributed by atoms with van der Waals surface area (Å²) in [6.07, 6.45) is 2.57. The zero-order chi connectivity index (χ0) is 22.4. The quantitative estimate of drug-likeness (QED) is 0.529. The van der Waals surface area contributed by atoms with Crippen LogP contribution in [0.15, 0.2) is 42.7 Å². The van der Waals surface area contributed by atoms with Gasteiger partial charge in [0.2, 0.25) is 5.95 Å². The number of carboxylic acid groups (broad SMARTS) is 1. The summed E-state index contributed by atoms with van der Waals surface area (Å²) in [7, 11) is 2.52. The van der Waals surface area contributed by atoms with Gasteiger partial charge in [0.05, 0.1) is 38.6 Å². The summed E-state index contributed by atoms with van der Waals surface area (Å²) in [5.41, 5.74) is 0.879. The number of carbonyl (C=O) groups is 1. The van der Waals surface area contributed by atoms with Gasteiger partial charge in [-0.3, -0.25) is 4.79 Å². The fourth-order valence-electron chi connectivity index (χ4n) is 2.74. The first kappa shape index (κ1) is 21.8. The average molecular weight is 431 g/mol. The number of hydrogen-bond acceptors (Lipinski definition) is 7. The number of benzene rings is 2. The molecule has 0 unspecified atom stereocenters. The maximum atomic E-state index is 14.4. The lowest BCUT2D eigenvalue weighted by atomic mass is 10.1. The normalized spacial score (nSPS) is 10.5. The van der Waals surface area contributed by atoms with Crippen molar-refractivity contribution in [2.45, 2.75) is 13.0 Å². The molecule has 3 aromatic rings. The molecule has 0 spiro atoms. The van der Waals surface area contributed by atoms with Crippen LogP contribution in [0.25, 0.3) is 0 Å². The van der Waals surface area contributed by atoms with Crippen LogP contribution >= 0.6 is 0 Å². The summed E-state index contributed by atoms with van der Waals surface area (Å²) in [6, 6.07) is 7.93. The molecule has 8 nitrogen and oxygen atoms in total. The summed E-state index contributed by atoms with van der Waals surface area (Å²) < 4.78 is 44.0. The molecule has 3 rings (SSSR count). The number of hydrogen-bond donors (Lipinski definition) is 2. The van der Waals surface area contributed by atoms with Gasteiger partial charge in [-0.2, -0.15) is 0 Å². The van der Waals surface area contributed by atoms with Crippen LogP contribution in [0, 0.1) is 11.6 Å². The lowest BCUT2D eigenvalue weighted by molar-refractivity contribution is -0.136. The van der Waals surface area contributed by atoms with E-state index < -0.39 is 24.2 Å². The highest BCUT2D eigenvalue weighted by atomic mass is 19.1. The smallest absolute Gasteiger partial charge is 0.307 e. The average Bonchev–Trinajstić information content (AvgIpc) is 2.75.